The van der Waals surface area contributed by atoms with Gasteiger partial charge < -0.3 is 24.4 Å². The molecule has 1 amide bonds. The van der Waals surface area contributed by atoms with Crippen LogP contribution in [0.4, 0.5) is 0 Å². The van der Waals surface area contributed by atoms with E-state index >= 15 is 0 Å². The number of ether oxygens (including phenoxy) is 1. The number of aryl methyl sites for hydroxylation is 1. The minimum atomic E-state index is -0.229. The second-order valence-corrected chi connectivity index (χ2v) is 7.63. The molecule has 1 N–H and O–H groups in total. The van der Waals surface area contributed by atoms with Crippen molar-refractivity contribution in [2.45, 2.75) is 58.2 Å². The summed E-state index contributed by atoms with van der Waals surface area (Å²) in [4.78, 5) is 21.5. The molecule has 2 saturated heterocycles. The average Bonchev–Trinajstić information content (AvgIpc) is 3.41. The maximum absolute atomic E-state index is 12.5. The van der Waals surface area contributed by atoms with Crippen molar-refractivity contribution >= 4 is 11.9 Å². The number of carbonyl (C=O) groups excluding carboxylic acids is 1. The summed E-state index contributed by atoms with van der Waals surface area (Å²) in [7, 11) is 0. The summed E-state index contributed by atoms with van der Waals surface area (Å²) >= 11 is 0. The van der Waals surface area contributed by atoms with Crippen molar-refractivity contribution < 1.29 is 9.53 Å². The van der Waals surface area contributed by atoms with Gasteiger partial charge in [0, 0.05) is 52.3 Å². The van der Waals surface area contributed by atoms with Gasteiger partial charge in [0.1, 0.15) is 18.5 Å². The highest BCUT2D eigenvalue weighted by Gasteiger charge is 2.31. The molecule has 0 saturated carbocycles. The fourth-order valence-electron chi connectivity index (χ4n) is 4.17. The number of carbonyl (C=O) groups is 1. The predicted molar refractivity (Wildman–Crippen MR) is 105 cm³/mol. The topological polar surface area (TPSA) is 87.9 Å². The van der Waals surface area contributed by atoms with Crippen LogP contribution in [0.3, 0.4) is 0 Å². The second-order valence-electron chi connectivity index (χ2n) is 7.63. The van der Waals surface area contributed by atoms with Gasteiger partial charge in [-0.1, -0.05) is 0 Å². The molecule has 0 aliphatic carbocycles. The Bertz CT molecular complexity index is 703. The number of amides is 1. The number of nitrogens with zero attached hydrogens (tertiary/aromatic N) is 6. The summed E-state index contributed by atoms with van der Waals surface area (Å²) in [5.74, 6) is 3.06. The Kier molecular flexibility index (Phi) is 6.09. The van der Waals surface area contributed by atoms with Crippen LogP contribution in [0.2, 0.25) is 0 Å². The summed E-state index contributed by atoms with van der Waals surface area (Å²) in [5, 5.41) is 12.0. The number of hydrogen-bond acceptors (Lipinski definition) is 5. The van der Waals surface area contributed by atoms with Gasteiger partial charge in [-0.25, -0.2) is 4.99 Å². The van der Waals surface area contributed by atoms with Crippen LogP contribution in [-0.2, 0) is 29.0 Å². The molecule has 1 atom stereocenters. The van der Waals surface area contributed by atoms with Crippen LogP contribution in [0, 0.1) is 0 Å². The highest BCUT2D eigenvalue weighted by Crippen LogP contribution is 2.17. The molecule has 1 unspecified atom stereocenters. The Balaban J connectivity index is 1.36. The average molecular weight is 390 g/mol. The van der Waals surface area contributed by atoms with Crippen molar-refractivity contribution in [1.29, 1.82) is 0 Å². The number of fused-ring (bicyclic) bond motifs is 1. The Morgan fingerprint density at radius 2 is 1.96 bits per heavy atom. The molecular weight excluding hydrogens is 358 g/mol. The molecule has 0 aromatic carbocycles. The molecule has 9 heteroatoms. The first-order chi connectivity index (χ1) is 13.8. The first-order valence-electron chi connectivity index (χ1n) is 10.6. The number of aliphatic imine (C=N–C) groups is 1. The van der Waals surface area contributed by atoms with Gasteiger partial charge in [0.15, 0.2) is 11.8 Å². The van der Waals surface area contributed by atoms with Gasteiger partial charge in [0.25, 0.3) is 5.91 Å². The zero-order chi connectivity index (χ0) is 19.3. The molecule has 3 aliphatic heterocycles. The van der Waals surface area contributed by atoms with E-state index in [4.69, 9.17) is 9.73 Å². The highest BCUT2D eigenvalue weighted by atomic mass is 16.5. The first-order valence-corrected chi connectivity index (χ1v) is 10.6. The Labute approximate surface area is 166 Å². The fraction of sp³-hybridized carbons (Fsp3) is 0.789. The van der Waals surface area contributed by atoms with Crippen LogP contribution in [0.25, 0.3) is 0 Å². The molecule has 9 nitrogen and oxygen atoms in total. The smallest absolute Gasteiger partial charge is 0.251 e. The summed E-state index contributed by atoms with van der Waals surface area (Å²) < 4.78 is 7.77. The molecule has 4 heterocycles. The summed E-state index contributed by atoms with van der Waals surface area (Å²) in [6.07, 6.45) is 5.00. The number of piperazine rings is 1. The molecule has 28 heavy (non-hydrogen) atoms. The van der Waals surface area contributed by atoms with Gasteiger partial charge in [-0.3, -0.25) is 4.79 Å². The first kappa shape index (κ1) is 19.2. The zero-order valence-corrected chi connectivity index (χ0v) is 16.8. The fourth-order valence-corrected chi connectivity index (χ4v) is 4.17. The Morgan fingerprint density at radius 3 is 2.71 bits per heavy atom. The van der Waals surface area contributed by atoms with E-state index < -0.39 is 0 Å². The minimum absolute atomic E-state index is 0.147. The van der Waals surface area contributed by atoms with Crippen molar-refractivity contribution in [3.8, 4) is 0 Å². The molecule has 0 radical (unpaired) electrons. The third-order valence-electron chi connectivity index (χ3n) is 5.74. The second kappa shape index (κ2) is 8.89. The van der Waals surface area contributed by atoms with Crippen LogP contribution >= 0.6 is 0 Å². The van der Waals surface area contributed by atoms with Gasteiger partial charge in [-0.15, -0.1) is 10.2 Å². The standard InChI is InChI=1S/C19H31N7O2/c1-2-20-19(21-14-17-23-22-16-7-3-4-8-26(16)17)25-11-9-24(10-12-25)18(27)15-6-5-13-28-15/h15H,2-14H2,1H3,(H,20,21). The van der Waals surface area contributed by atoms with Gasteiger partial charge in [0.2, 0.25) is 0 Å². The lowest BCUT2D eigenvalue weighted by atomic mass is 10.2. The number of aromatic nitrogens is 3. The third kappa shape index (κ3) is 4.14. The normalized spacial score (nSPS) is 23.0. The maximum atomic E-state index is 12.5. The van der Waals surface area contributed by atoms with Crippen molar-refractivity contribution in [1.82, 2.24) is 29.9 Å². The maximum Gasteiger partial charge on any atom is 0.251 e. The monoisotopic (exact) mass is 389 g/mol. The summed E-state index contributed by atoms with van der Waals surface area (Å²) in [5.41, 5.74) is 0. The largest absolute Gasteiger partial charge is 0.368 e. The SMILES string of the molecule is CCNC(=NCc1nnc2n1CCCC2)N1CCN(C(=O)C2CCCO2)CC1. The van der Waals surface area contributed by atoms with E-state index in [1.54, 1.807) is 0 Å². The molecule has 0 spiro atoms. The molecule has 1 aromatic heterocycles. The molecule has 3 aliphatic rings. The highest BCUT2D eigenvalue weighted by molar-refractivity contribution is 5.82. The number of guanidine groups is 1. The minimum Gasteiger partial charge on any atom is -0.368 e. The van der Waals surface area contributed by atoms with E-state index in [2.05, 4.69) is 31.9 Å². The molecule has 4 rings (SSSR count). The molecule has 1 aromatic rings. The Morgan fingerprint density at radius 1 is 1.14 bits per heavy atom. The van der Waals surface area contributed by atoms with Gasteiger partial charge in [-0.05, 0) is 32.6 Å². The summed E-state index contributed by atoms with van der Waals surface area (Å²) in [6, 6.07) is 0. The summed E-state index contributed by atoms with van der Waals surface area (Å²) in [6.45, 7) is 8.10. The predicted octanol–water partition coefficient (Wildman–Crippen LogP) is 0.403. The lowest BCUT2D eigenvalue weighted by molar-refractivity contribution is -0.142. The van der Waals surface area contributed by atoms with Crippen molar-refractivity contribution in [3.63, 3.8) is 0 Å². The van der Waals surface area contributed by atoms with E-state index in [1.165, 1.54) is 12.8 Å². The third-order valence-corrected chi connectivity index (χ3v) is 5.74. The zero-order valence-electron chi connectivity index (χ0n) is 16.8. The number of hydrogen-bond donors (Lipinski definition) is 1. The van der Waals surface area contributed by atoms with Crippen molar-refractivity contribution in [2.75, 3.05) is 39.3 Å². The van der Waals surface area contributed by atoms with Crippen molar-refractivity contribution in [2.24, 2.45) is 4.99 Å². The van der Waals surface area contributed by atoms with E-state index in [0.717, 1.165) is 63.0 Å². The van der Waals surface area contributed by atoms with E-state index in [1.807, 2.05) is 4.90 Å². The quantitative estimate of drug-likeness (QED) is 0.593. The number of nitrogens with one attached hydrogen (secondary N) is 1. The number of rotatable bonds is 4. The van der Waals surface area contributed by atoms with Crippen LogP contribution in [0.15, 0.2) is 4.99 Å². The van der Waals surface area contributed by atoms with Crippen LogP contribution < -0.4 is 5.32 Å². The van der Waals surface area contributed by atoms with Crippen molar-refractivity contribution in [3.05, 3.63) is 11.6 Å². The van der Waals surface area contributed by atoms with Crippen LogP contribution in [0.5, 0.6) is 0 Å². The molecule has 154 valence electrons. The van der Waals surface area contributed by atoms with Gasteiger partial charge in [-0.2, -0.15) is 0 Å². The van der Waals surface area contributed by atoms with E-state index in [9.17, 15) is 4.79 Å². The van der Waals surface area contributed by atoms with E-state index in [0.29, 0.717) is 26.2 Å². The van der Waals surface area contributed by atoms with Crippen LogP contribution in [0.1, 0.15) is 44.3 Å². The van der Waals surface area contributed by atoms with E-state index in [-0.39, 0.29) is 12.0 Å². The Hall–Kier alpha value is -2.16. The molecule has 0 bridgehead atoms. The lowest BCUT2D eigenvalue weighted by Gasteiger charge is -2.37. The lowest BCUT2D eigenvalue weighted by Crippen LogP contribution is -2.55. The van der Waals surface area contributed by atoms with Gasteiger partial charge in [0.05, 0.1) is 0 Å². The molecule has 2 fully saturated rings. The van der Waals surface area contributed by atoms with Gasteiger partial charge >= 0.3 is 0 Å². The van der Waals surface area contributed by atoms with Crippen LogP contribution in [-0.4, -0.2) is 81.9 Å². The molecular formula is C19H31N7O2.